The molecule has 2 nitrogen and oxygen atoms in total. The molecule has 0 aliphatic heterocycles. The molecule has 2 atom stereocenters. The van der Waals surface area contributed by atoms with E-state index in [1.807, 2.05) is 65.1 Å². The zero-order valence-electron chi connectivity index (χ0n) is 9.62. The number of aliphatic hydroxyl groups excluding tert-OH is 1. The van der Waals surface area contributed by atoms with Gasteiger partial charge in [-0.15, -0.1) is 0 Å². The summed E-state index contributed by atoms with van der Waals surface area (Å²) in [6.45, 7) is 0. The molecular weight excluding hydrogens is 337 g/mol. The first-order valence-electron chi connectivity index (χ1n) is 5.59. The molecule has 18 heavy (non-hydrogen) atoms. The van der Waals surface area contributed by atoms with Crippen LogP contribution in [0.2, 0.25) is 0 Å². The first-order valence-corrected chi connectivity index (χ1v) is 6.84. The van der Waals surface area contributed by atoms with E-state index in [2.05, 4.69) is 6.07 Å². The summed E-state index contributed by atoms with van der Waals surface area (Å²) in [6.07, 6.45) is 0. The number of benzene rings is 2. The van der Waals surface area contributed by atoms with Crippen LogP contribution in [-0.4, -0.2) is 9.22 Å². The van der Waals surface area contributed by atoms with Crippen LogP contribution in [0.5, 0.6) is 0 Å². The molecule has 0 aliphatic carbocycles. The van der Waals surface area contributed by atoms with Crippen LogP contribution in [-0.2, 0) is 0 Å². The van der Waals surface area contributed by atoms with E-state index in [9.17, 15) is 5.11 Å². The zero-order valence-corrected chi connectivity index (χ0v) is 11.8. The minimum atomic E-state index is -0.502. The van der Waals surface area contributed by atoms with Gasteiger partial charge in [-0.05, 0) is 23.3 Å². The number of nitriles is 1. The highest BCUT2D eigenvalue weighted by Crippen LogP contribution is 2.31. The molecule has 0 fully saturated rings. The molecule has 0 spiro atoms. The SMILES string of the molecule is N#Cc1ccc(C(c2ccccc2)C(O)I)cc1. The van der Waals surface area contributed by atoms with E-state index in [0.717, 1.165) is 11.1 Å². The van der Waals surface area contributed by atoms with Gasteiger partial charge in [0.05, 0.1) is 11.6 Å². The van der Waals surface area contributed by atoms with Crippen LogP contribution in [0.25, 0.3) is 0 Å². The number of hydrogen-bond donors (Lipinski definition) is 1. The fourth-order valence-corrected chi connectivity index (χ4v) is 2.77. The van der Waals surface area contributed by atoms with Crippen molar-refractivity contribution in [2.45, 2.75) is 10.0 Å². The van der Waals surface area contributed by atoms with Crippen LogP contribution in [0.3, 0.4) is 0 Å². The Morgan fingerprint density at radius 2 is 1.50 bits per heavy atom. The van der Waals surface area contributed by atoms with Gasteiger partial charge in [-0.2, -0.15) is 5.26 Å². The summed E-state index contributed by atoms with van der Waals surface area (Å²) < 4.78 is -0.502. The van der Waals surface area contributed by atoms with E-state index in [1.165, 1.54) is 0 Å². The van der Waals surface area contributed by atoms with Crippen LogP contribution >= 0.6 is 22.6 Å². The Kier molecular flexibility index (Phi) is 4.34. The molecule has 2 aromatic carbocycles. The minimum absolute atomic E-state index is 0.0699. The van der Waals surface area contributed by atoms with Crippen molar-refractivity contribution >= 4 is 22.6 Å². The average molecular weight is 349 g/mol. The van der Waals surface area contributed by atoms with Crippen LogP contribution in [0, 0.1) is 11.3 Å². The van der Waals surface area contributed by atoms with Gasteiger partial charge in [-0.1, -0.05) is 65.1 Å². The summed E-state index contributed by atoms with van der Waals surface area (Å²) >= 11 is 2.02. The fraction of sp³-hybridized carbons (Fsp3) is 0.133. The van der Waals surface area contributed by atoms with E-state index < -0.39 is 4.11 Å². The fourth-order valence-electron chi connectivity index (χ4n) is 1.94. The predicted octanol–water partition coefficient (Wildman–Crippen LogP) is 3.44. The van der Waals surface area contributed by atoms with Crippen molar-refractivity contribution in [2.75, 3.05) is 0 Å². The van der Waals surface area contributed by atoms with E-state index in [4.69, 9.17) is 5.26 Å². The third-order valence-corrected chi connectivity index (χ3v) is 3.55. The maximum atomic E-state index is 9.97. The molecule has 0 radical (unpaired) electrons. The van der Waals surface area contributed by atoms with Crippen LogP contribution in [0.15, 0.2) is 54.6 Å². The van der Waals surface area contributed by atoms with Gasteiger partial charge in [-0.25, -0.2) is 0 Å². The maximum absolute atomic E-state index is 9.97. The Morgan fingerprint density at radius 1 is 0.944 bits per heavy atom. The number of hydrogen-bond acceptors (Lipinski definition) is 2. The van der Waals surface area contributed by atoms with Gasteiger partial charge in [0.2, 0.25) is 0 Å². The molecule has 2 unspecified atom stereocenters. The molecule has 0 saturated carbocycles. The Bertz CT molecular complexity index is 543. The summed E-state index contributed by atoms with van der Waals surface area (Å²) in [5, 5.41) is 18.8. The van der Waals surface area contributed by atoms with Crippen molar-refractivity contribution < 1.29 is 5.11 Å². The Hall–Kier alpha value is -1.38. The average Bonchev–Trinajstić information content (AvgIpc) is 2.40. The molecule has 90 valence electrons. The van der Waals surface area contributed by atoms with Crippen molar-refractivity contribution in [3.63, 3.8) is 0 Å². The summed E-state index contributed by atoms with van der Waals surface area (Å²) in [4.78, 5) is 0. The second kappa shape index (κ2) is 5.98. The molecule has 0 aromatic heterocycles. The molecule has 3 heteroatoms. The van der Waals surface area contributed by atoms with Crippen molar-refractivity contribution in [2.24, 2.45) is 0 Å². The lowest BCUT2D eigenvalue weighted by atomic mass is 9.91. The van der Waals surface area contributed by atoms with Gasteiger partial charge < -0.3 is 5.11 Å². The summed E-state index contributed by atoms with van der Waals surface area (Å²) in [5.41, 5.74) is 2.72. The van der Waals surface area contributed by atoms with E-state index in [1.54, 1.807) is 12.1 Å². The highest BCUT2D eigenvalue weighted by atomic mass is 127. The first-order chi connectivity index (χ1) is 8.72. The van der Waals surface area contributed by atoms with Gasteiger partial charge in [0.25, 0.3) is 0 Å². The van der Waals surface area contributed by atoms with E-state index in [0.29, 0.717) is 5.56 Å². The molecule has 1 N–H and O–H groups in total. The Balaban J connectivity index is 2.39. The molecular formula is C15H12INO. The van der Waals surface area contributed by atoms with Gasteiger partial charge in [0.15, 0.2) is 0 Å². The van der Waals surface area contributed by atoms with Crippen molar-refractivity contribution in [1.82, 2.24) is 0 Å². The van der Waals surface area contributed by atoms with Crippen molar-refractivity contribution in [3.8, 4) is 6.07 Å². The number of aliphatic hydroxyl groups is 1. The molecule has 0 bridgehead atoms. The number of nitrogens with zero attached hydrogens (tertiary/aromatic N) is 1. The number of rotatable bonds is 3. The Morgan fingerprint density at radius 3 is 2.00 bits per heavy atom. The highest BCUT2D eigenvalue weighted by Gasteiger charge is 2.20. The molecule has 0 heterocycles. The third-order valence-electron chi connectivity index (χ3n) is 2.83. The molecule has 0 aliphatic rings. The summed E-state index contributed by atoms with van der Waals surface area (Å²) in [6, 6.07) is 19.4. The van der Waals surface area contributed by atoms with Crippen molar-refractivity contribution in [3.05, 3.63) is 71.3 Å². The van der Waals surface area contributed by atoms with E-state index in [-0.39, 0.29) is 5.92 Å². The first kappa shape index (κ1) is 13.1. The van der Waals surface area contributed by atoms with Gasteiger partial charge in [-0.3, -0.25) is 0 Å². The molecule has 2 rings (SSSR count). The third kappa shape index (κ3) is 2.89. The summed E-state index contributed by atoms with van der Waals surface area (Å²) in [5.74, 6) is -0.0699. The van der Waals surface area contributed by atoms with Gasteiger partial charge in [0, 0.05) is 5.92 Å². The van der Waals surface area contributed by atoms with Crippen LogP contribution < -0.4 is 0 Å². The molecule has 0 amide bonds. The number of alkyl halides is 1. The summed E-state index contributed by atoms with van der Waals surface area (Å²) in [7, 11) is 0. The van der Waals surface area contributed by atoms with Crippen LogP contribution in [0.1, 0.15) is 22.6 Å². The lowest BCUT2D eigenvalue weighted by Crippen LogP contribution is -2.13. The predicted molar refractivity (Wildman–Crippen MR) is 79.5 cm³/mol. The number of halogens is 1. The lowest BCUT2D eigenvalue weighted by Gasteiger charge is -2.19. The van der Waals surface area contributed by atoms with E-state index >= 15 is 0 Å². The van der Waals surface area contributed by atoms with Gasteiger partial charge >= 0.3 is 0 Å². The van der Waals surface area contributed by atoms with Crippen molar-refractivity contribution in [1.29, 1.82) is 5.26 Å². The maximum Gasteiger partial charge on any atom is 0.116 e. The normalized spacial score (nSPS) is 13.6. The topological polar surface area (TPSA) is 44.0 Å². The second-order valence-corrected chi connectivity index (χ2v) is 5.27. The minimum Gasteiger partial charge on any atom is -0.382 e. The zero-order chi connectivity index (χ0) is 13.0. The van der Waals surface area contributed by atoms with Crippen LogP contribution in [0.4, 0.5) is 0 Å². The van der Waals surface area contributed by atoms with Gasteiger partial charge in [0.1, 0.15) is 4.11 Å². The lowest BCUT2D eigenvalue weighted by molar-refractivity contribution is 0.261. The monoisotopic (exact) mass is 349 g/mol. The molecule has 0 saturated heterocycles. The molecule has 2 aromatic rings. The smallest absolute Gasteiger partial charge is 0.116 e. The Labute approximate surface area is 120 Å². The second-order valence-electron chi connectivity index (χ2n) is 3.99. The standard InChI is InChI=1S/C15H12INO/c16-15(18)14(12-4-2-1-3-5-12)13-8-6-11(10-17)7-9-13/h1-9,14-15,18H. The largest absolute Gasteiger partial charge is 0.382 e. The quantitative estimate of drug-likeness (QED) is 0.682. The highest BCUT2D eigenvalue weighted by molar-refractivity contribution is 14.1.